The summed E-state index contributed by atoms with van der Waals surface area (Å²) >= 11 is 1.68. The van der Waals surface area contributed by atoms with Crippen LogP contribution in [0.3, 0.4) is 0 Å². The number of thiazole rings is 1. The predicted molar refractivity (Wildman–Crippen MR) is 87.3 cm³/mol. The first-order valence-corrected chi connectivity index (χ1v) is 8.22. The Morgan fingerprint density at radius 2 is 2.10 bits per heavy atom. The molecule has 1 aromatic carbocycles. The van der Waals surface area contributed by atoms with Gasteiger partial charge in [0.2, 0.25) is 0 Å². The summed E-state index contributed by atoms with van der Waals surface area (Å²) in [5.74, 6) is -0.190. The van der Waals surface area contributed by atoms with Crippen molar-refractivity contribution in [2.75, 3.05) is 6.54 Å². The number of hydrogen-bond donors (Lipinski definition) is 1. The van der Waals surface area contributed by atoms with Crippen molar-refractivity contribution in [3.05, 3.63) is 51.7 Å². The Morgan fingerprint density at radius 1 is 1.33 bits per heavy atom. The van der Waals surface area contributed by atoms with Crippen LogP contribution in [0, 0.1) is 5.82 Å². The molecule has 2 rings (SSSR count). The van der Waals surface area contributed by atoms with Crippen LogP contribution in [0.4, 0.5) is 4.39 Å². The van der Waals surface area contributed by atoms with Crippen molar-refractivity contribution in [1.82, 2.24) is 10.3 Å². The summed E-state index contributed by atoms with van der Waals surface area (Å²) in [6, 6.07) is 6.91. The number of likely N-dealkylation sites (N-methyl/N-ethyl adjacent to an activating group) is 1. The molecule has 0 spiro atoms. The molecule has 0 bridgehead atoms. The highest BCUT2D eigenvalue weighted by Crippen LogP contribution is 2.27. The molecule has 21 heavy (non-hydrogen) atoms. The fourth-order valence-corrected chi connectivity index (χ4v) is 3.27. The highest BCUT2D eigenvalue weighted by Gasteiger charge is 2.19. The first-order chi connectivity index (χ1) is 9.90. The second-order valence-electron chi connectivity index (χ2n) is 6.25. The Bertz CT molecular complexity index is 586. The highest BCUT2D eigenvalue weighted by atomic mass is 32.1. The van der Waals surface area contributed by atoms with Gasteiger partial charge in [-0.1, -0.05) is 39.8 Å². The molecule has 0 saturated heterocycles. The minimum atomic E-state index is -0.190. The molecule has 0 amide bonds. The van der Waals surface area contributed by atoms with Crippen LogP contribution in [0.5, 0.6) is 0 Å². The molecule has 1 atom stereocenters. The summed E-state index contributed by atoms with van der Waals surface area (Å²) in [6.45, 7) is 9.41. The van der Waals surface area contributed by atoms with Gasteiger partial charge >= 0.3 is 0 Å². The monoisotopic (exact) mass is 306 g/mol. The Hall–Kier alpha value is -1.26. The average molecular weight is 306 g/mol. The van der Waals surface area contributed by atoms with Crippen molar-refractivity contribution in [1.29, 1.82) is 0 Å². The number of nitrogens with one attached hydrogen (secondary N) is 1. The van der Waals surface area contributed by atoms with Crippen molar-refractivity contribution in [2.24, 2.45) is 0 Å². The third-order valence-electron chi connectivity index (χ3n) is 3.40. The molecule has 1 unspecified atom stereocenters. The Morgan fingerprint density at radius 3 is 2.67 bits per heavy atom. The van der Waals surface area contributed by atoms with Gasteiger partial charge in [-0.05, 0) is 24.2 Å². The molecule has 2 nitrogen and oxygen atoms in total. The Balaban J connectivity index is 2.18. The lowest BCUT2D eigenvalue weighted by Crippen LogP contribution is -2.23. The van der Waals surface area contributed by atoms with E-state index in [2.05, 4.69) is 38.4 Å². The van der Waals surface area contributed by atoms with E-state index in [1.165, 1.54) is 6.07 Å². The van der Waals surface area contributed by atoms with Crippen LogP contribution in [0.15, 0.2) is 29.6 Å². The normalized spacial score (nSPS) is 13.4. The van der Waals surface area contributed by atoms with Crippen LogP contribution in [0.25, 0.3) is 0 Å². The third-order valence-corrected chi connectivity index (χ3v) is 4.27. The van der Waals surface area contributed by atoms with Gasteiger partial charge in [0.25, 0.3) is 0 Å². The van der Waals surface area contributed by atoms with Crippen molar-refractivity contribution >= 4 is 11.3 Å². The van der Waals surface area contributed by atoms with Crippen LogP contribution in [-0.4, -0.2) is 11.5 Å². The van der Waals surface area contributed by atoms with E-state index in [9.17, 15) is 4.39 Å². The van der Waals surface area contributed by atoms with Crippen molar-refractivity contribution in [3.63, 3.8) is 0 Å². The number of nitrogens with zero attached hydrogens (tertiary/aromatic N) is 1. The molecule has 2 aromatic rings. The molecule has 4 heteroatoms. The molecule has 0 radical (unpaired) electrons. The Kier molecular flexibility index (Phi) is 5.12. The molecule has 0 aliphatic carbocycles. The van der Waals surface area contributed by atoms with E-state index in [4.69, 9.17) is 4.98 Å². The standard InChI is InChI=1S/C17H23FN2S/c1-5-19-14(12-7-6-8-13(18)9-12)10-16-20-15(11-21-16)17(2,3)4/h6-9,11,14,19H,5,10H2,1-4H3. The van der Waals surface area contributed by atoms with E-state index in [-0.39, 0.29) is 17.3 Å². The summed E-state index contributed by atoms with van der Waals surface area (Å²) < 4.78 is 13.4. The molecule has 114 valence electrons. The van der Waals surface area contributed by atoms with Gasteiger partial charge in [-0.15, -0.1) is 11.3 Å². The molecule has 0 saturated carbocycles. The maximum absolute atomic E-state index is 13.4. The quantitative estimate of drug-likeness (QED) is 0.881. The zero-order valence-corrected chi connectivity index (χ0v) is 13.9. The molecule has 1 aromatic heterocycles. The van der Waals surface area contributed by atoms with Gasteiger partial charge in [0.15, 0.2) is 0 Å². The van der Waals surface area contributed by atoms with Crippen molar-refractivity contribution in [3.8, 4) is 0 Å². The van der Waals surface area contributed by atoms with Crippen LogP contribution in [0.1, 0.15) is 50.0 Å². The smallest absolute Gasteiger partial charge is 0.123 e. The summed E-state index contributed by atoms with van der Waals surface area (Å²) in [4.78, 5) is 4.74. The molecule has 0 aliphatic rings. The predicted octanol–water partition coefficient (Wildman–Crippen LogP) is 4.47. The van der Waals surface area contributed by atoms with E-state index >= 15 is 0 Å². The third kappa shape index (κ3) is 4.35. The zero-order chi connectivity index (χ0) is 15.5. The van der Waals surface area contributed by atoms with E-state index in [0.717, 1.165) is 29.2 Å². The Labute approximate surface area is 130 Å². The van der Waals surface area contributed by atoms with E-state index < -0.39 is 0 Å². The van der Waals surface area contributed by atoms with Gasteiger partial charge < -0.3 is 5.32 Å². The molecule has 0 aliphatic heterocycles. The van der Waals surface area contributed by atoms with E-state index in [1.807, 2.05) is 6.07 Å². The molecular formula is C17H23FN2S. The van der Waals surface area contributed by atoms with Gasteiger partial charge in [-0.25, -0.2) is 9.37 Å². The summed E-state index contributed by atoms with van der Waals surface area (Å²) in [5.41, 5.74) is 2.17. The van der Waals surface area contributed by atoms with Crippen molar-refractivity contribution < 1.29 is 4.39 Å². The minimum absolute atomic E-state index is 0.0707. The fourth-order valence-electron chi connectivity index (χ4n) is 2.20. The van der Waals surface area contributed by atoms with Crippen LogP contribution < -0.4 is 5.32 Å². The van der Waals surface area contributed by atoms with Gasteiger partial charge in [-0.2, -0.15) is 0 Å². The first-order valence-electron chi connectivity index (χ1n) is 7.34. The largest absolute Gasteiger partial charge is 0.310 e. The van der Waals surface area contributed by atoms with Gasteiger partial charge in [-0.3, -0.25) is 0 Å². The van der Waals surface area contributed by atoms with Crippen molar-refractivity contribution in [2.45, 2.75) is 45.6 Å². The fraction of sp³-hybridized carbons (Fsp3) is 0.471. The zero-order valence-electron chi connectivity index (χ0n) is 13.1. The van der Waals surface area contributed by atoms with E-state index in [0.29, 0.717) is 0 Å². The van der Waals surface area contributed by atoms with Gasteiger partial charge in [0, 0.05) is 23.3 Å². The lowest BCUT2D eigenvalue weighted by Gasteiger charge is -2.18. The summed E-state index contributed by atoms with van der Waals surface area (Å²) in [5, 5.41) is 6.64. The lowest BCUT2D eigenvalue weighted by atomic mass is 9.93. The number of aromatic nitrogens is 1. The lowest BCUT2D eigenvalue weighted by molar-refractivity contribution is 0.535. The number of hydrogen-bond acceptors (Lipinski definition) is 3. The molecule has 1 heterocycles. The highest BCUT2D eigenvalue weighted by molar-refractivity contribution is 7.09. The number of benzene rings is 1. The second kappa shape index (κ2) is 6.67. The van der Waals surface area contributed by atoms with Crippen LogP contribution in [-0.2, 0) is 11.8 Å². The van der Waals surface area contributed by atoms with E-state index in [1.54, 1.807) is 23.5 Å². The number of rotatable bonds is 5. The van der Waals surface area contributed by atoms with Gasteiger partial charge in [0.1, 0.15) is 5.82 Å². The average Bonchev–Trinajstić information content (AvgIpc) is 2.87. The summed E-state index contributed by atoms with van der Waals surface area (Å²) in [6.07, 6.45) is 0.790. The topological polar surface area (TPSA) is 24.9 Å². The SMILES string of the molecule is CCNC(Cc1nc(C(C)(C)C)cs1)c1cccc(F)c1. The molecule has 0 fully saturated rings. The van der Waals surface area contributed by atoms with Crippen LogP contribution in [0.2, 0.25) is 0 Å². The summed E-state index contributed by atoms with van der Waals surface area (Å²) in [7, 11) is 0. The first kappa shape index (κ1) is 16.1. The minimum Gasteiger partial charge on any atom is -0.310 e. The number of halogens is 1. The maximum atomic E-state index is 13.4. The van der Waals surface area contributed by atoms with Crippen LogP contribution >= 0.6 is 11.3 Å². The molecule has 1 N–H and O–H groups in total. The maximum Gasteiger partial charge on any atom is 0.123 e. The van der Waals surface area contributed by atoms with Gasteiger partial charge in [0.05, 0.1) is 10.7 Å². The second-order valence-corrected chi connectivity index (χ2v) is 7.19. The molecular weight excluding hydrogens is 283 g/mol.